The lowest BCUT2D eigenvalue weighted by Gasteiger charge is -2.35. The van der Waals surface area contributed by atoms with E-state index in [9.17, 15) is 4.79 Å². The van der Waals surface area contributed by atoms with E-state index >= 15 is 0 Å². The van der Waals surface area contributed by atoms with Crippen LogP contribution >= 0.6 is 0 Å². The van der Waals surface area contributed by atoms with Gasteiger partial charge in [0.1, 0.15) is 0 Å². The predicted octanol–water partition coefficient (Wildman–Crippen LogP) is 2.56. The van der Waals surface area contributed by atoms with E-state index in [1.807, 2.05) is 18.2 Å². The Morgan fingerprint density at radius 1 is 1.38 bits per heavy atom. The van der Waals surface area contributed by atoms with Crippen LogP contribution in [0.3, 0.4) is 0 Å². The molecule has 1 aromatic heterocycles. The Labute approximate surface area is 126 Å². The maximum absolute atomic E-state index is 11.6. The molecule has 0 radical (unpaired) electrons. The maximum Gasteiger partial charge on any atom is 0.315 e. The number of primary amides is 1. The number of carbonyl (C=O) groups is 1. The van der Waals surface area contributed by atoms with Crippen molar-refractivity contribution in [2.24, 2.45) is 11.7 Å². The first kappa shape index (κ1) is 15.8. The minimum Gasteiger partial charge on any atom is -0.373 e. The van der Waals surface area contributed by atoms with Crippen molar-refractivity contribution in [3.63, 3.8) is 0 Å². The fraction of sp³-hybridized carbons (Fsp3) is 0.625. The minimum absolute atomic E-state index is 0.275. The van der Waals surface area contributed by atoms with Crippen molar-refractivity contribution in [1.82, 2.24) is 9.88 Å². The van der Waals surface area contributed by atoms with Crippen LogP contribution in [-0.2, 0) is 11.3 Å². The van der Waals surface area contributed by atoms with Crippen LogP contribution in [-0.4, -0.2) is 35.1 Å². The molecule has 116 valence electrons. The number of ether oxygens (including phenoxy) is 1. The summed E-state index contributed by atoms with van der Waals surface area (Å²) in [7, 11) is 0. The quantitative estimate of drug-likeness (QED) is 0.819. The molecule has 0 atom stereocenters. The molecule has 21 heavy (non-hydrogen) atoms. The van der Waals surface area contributed by atoms with Crippen LogP contribution in [0.1, 0.15) is 38.3 Å². The lowest BCUT2D eigenvalue weighted by molar-refractivity contribution is 0.0787. The second-order valence-corrected chi connectivity index (χ2v) is 5.82. The molecule has 0 bridgehead atoms. The summed E-state index contributed by atoms with van der Waals surface area (Å²) in [5, 5.41) is 0. The Morgan fingerprint density at radius 3 is 2.76 bits per heavy atom. The number of aromatic nitrogens is 1. The second kappa shape index (κ2) is 7.98. The highest BCUT2D eigenvalue weighted by Crippen LogP contribution is 2.26. The van der Waals surface area contributed by atoms with Crippen molar-refractivity contribution >= 4 is 6.03 Å². The SMILES string of the molecule is C[C@H]1CC[C@H](N(CCOCc2ccccn2)C(N)=O)CC1. The van der Waals surface area contributed by atoms with E-state index in [0.29, 0.717) is 19.8 Å². The van der Waals surface area contributed by atoms with E-state index in [1.54, 1.807) is 11.1 Å². The molecule has 5 nitrogen and oxygen atoms in total. The van der Waals surface area contributed by atoms with Crippen molar-refractivity contribution < 1.29 is 9.53 Å². The fourth-order valence-corrected chi connectivity index (χ4v) is 2.85. The number of rotatable bonds is 6. The predicted molar refractivity (Wildman–Crippen MR) is 81.6 cm³/mol. The highest BCUT2D eigenvalue weighted by Gasteiger charge is 2.25. The van der Waals surface area contributed by atoms with Crippen molar-refractivity contribution in [2.75, 3.05) is 13.2 Å². The number of urea groups is 1. The first-order chi connectivity index (χ1) is 10.2. The normalized spacial score (nSPS) is 22.0. The van der Waals surface area contributed by atoms with Gasteiger partial charge >= 0.3 is 6.03 Å². The summed E-state index contributed by atoms with van der Waals surface area (Å²) in [6, 6.07) is 5.68. The molecule has 1 heterocycles. The van der Waals surface area contributed by atoms with Crippen LogP contribution in [0.15, 0.2) is 24.4 Å². The molecule has 1 saturated carbocycles. The molecule has 1 aliphatic carbocycles. The Morgan fingerprint density at radius 2 is 2.14 bits per heavy atom. The van der Waals surface area contributed by atoms with Gasteiger partial charge in [-0.15, -0.1) is 0 Å². The molecule has 1 aliphatic rings. The third-order valence-corrected chi connectivity index (χ3v) is 4.16. The van der Waals surface area contributed by atoms with Gasteiger partial charge in [-0.25, -0.2) is 4.79 Å². The molecule has 0 saturated heterocycles. The summed E-state index contributed by atoms with van der Waals surface area (Å²) in [5.41, 5.74) is 6.41. The van der Waals surface area contributed by atoms with Gasteiger partial charge in [0.05, 0.1) is 18.9 Å². The number of pyridine rings is 1. The molecule has 0 unspecified atom stereocenters. The third-order valence-electron chi connectivity index (χ3n) is 4.16. The molecule has 1 aromatic rings. The standard InChI is InChI=1S/C16H25N3O2/c1-13-5-7-15(8-6-13)19(16(17)20)10-11-21-12-14-4-2-3-9-18-14/h2-4,9,13,15H,5-8,10-12H2,1H3,(H2,17,20)/t13-,15-. The van der Waals surface area contributed by atoms with E-state index in [0.717, 1.165) is 24.5 Å². The molecule has 1 fully saturated rings. The van der Waals surface area contributed by atoms with Gasteiger partial charge in [0.2, 0.25) is 0 Å². The highest BCUT2D eigenvalue weighted by atomic mass is 16.5. The van der Waals surface area contributed by atoms with Crippen molar-refractivity contribution in [3.05, 3.63) is 30.1 Å². The minimum atomic E-state index is -0.337. The summed E-state index contributed by atoms with van der Waals surface area (Å²) < 4.78 is 5.60. The van der Waals surface area contributed by atoms with Gasteiger partial charge in [0.15, 0.2) is 0 Å². The molecular formula is C16H25N3O2. The number of amides is 2. The van der Waals surface area contributed by atoms with Crippen molar-refractivity contribution in [3.8, 4) is 0 Å². The van der Waals surface area contributed by atoms with E-state index < -0.39 is 0 Å². The average molecular weight is 291 g/mol. The summed E-state index contributed by atoms with van der Waals surface area (Å²) >= 11 is 0. The summed E-state index contributed by atoms with van der Waals surface area (Å²) in [5.74, 6) is 0.761. The Kier molecular flexibility index (Phi) is 5.99. The molecule has 2 rings (SSSR count). The lowest BCUT2D eigenvalue weighted by atomic mass is 9.86. The van der Waals surface area contributed by atoms with Gasteiger partial charge in [-0.05, 0) is 43.7 Å². The Hall–Kier alpha value is -1.62. The Balaban J connectivity index is 1.74. The van der Waals surface area contributed by atoms with Gasteiger partial charge in [-0.1, -0.05) is 13.0 Å². The molecular weight excluding hydrogens is 266 g/mol. The lowest BCUT2D eigenvalue weighted by Crippen LogP contribution is -2.46. The zero-order chi connectivity index (χ0) is 15.1. The number of carbonyl (C=O) groups excluding carboxylic acids is 1. The van der Waals surface area contributed by atoms with Crippen molar-refractivity contribution in [1.29, 1.82) is 0 Å². The fourth-order valence-electron chi connectivity index (χ4n) is 2.85. The number of nitrogens with two attached hydrogens (primary N) is 1. The van der Waals surface area contributed by atoms with Crippen LogP contribution in [0, 0.1) is 5.92 Å². The molecule has 0 aliphatic heterocycles. The number of nitrogens with zero attached hydrogens (tertiary/aromatic N) is 2. The van der Waals surface area contributed by atoms with Gasteiger partial charge < -0.3 is 15.4 Å². The first-order valence-corrected chi connectivity index (χ1v) is 7.70. The van der Waals surface area contributed by atoms with Gasteiger partial charge in [-0.2, -0.15) is 0 Å². The van der Waals surface area contributed by atoms with Gasteiger partial charge in [0.25, 0.3) is 0 Å². The molecule has 2 amide bonds. The van der Waals surface area contributed by atoms with Crippen LogP contribution in [0.5, 0.6) is 0 Å². The third kappa shape index (κ3) is 5.01. The Bertz CT molecular complexity index is 430. The molecule has 2 N–H and O–H groups in total. The van der Waals surface area contributed by atoms with Gasteiger partial charge in [-0.3, -0.25) is 4.98 Å². The van der Waals surface area contributed by atoms with E-state index in [4.69, 9.17) is 10.5 Å². The largest absolute Gasteiger partial charge is 0.373 e. The zero-order valence-electron chi connectivity index (χ0n) is 12.7. The number of hydrogen-bond acceptors (Lipinski definition) is 3. The number of hydrogen-bond donors (Lipinski definition) is 1. The molecule has 5 heteroatoms. The van der Waals surface area contributed by atoms with E-state index in [1.165, 1.54) is 12.8 Å². The van der Waals surface area contributed by atoms with Gasteiger partial charge in [0, 0.05) is 18.8 Å². The first-order valence-electron chi connectivity index (χ1n) is 7.70. The van der Waals surface area contributed by atoms with Crippen LogP contribution in [0.2, 0.25) is 0 Å². The topological polar surface area (TPSA) is 68.4 Å². The molecule has 0 spiro atoms. The van der Waals surface area contributed by atoms with Crippen LogP contribution < -0.4 is 5.73 Å². The summed E-state index contributed by atoms with van der Waals surface area (Å²) in [4.78, 5) is 17.6. The van der Waals surface area contributed by atoms with E-state index in [-0.39, 0.29) is 12.1 Å². The van der Waals surface area contributed by atoms with Crippen LogP contribution in [0.25, 0.3) is 0 Å². The summed E-state index contributed by atoms with van der Waals surface area (Å²) in [6.07, 6.45) is 6.18. The average Bonchev–Trinajstić information content (AvgIpc) is 2.49. The summed E-state index contributed by atoms with van der Waals surface area (Å²) in [6.45, 7) is 3.78. The zero-order valence-corrected chi connectivity index (χ0v) is 12.7. The van der Waals surface area contributed by atoms with Crippen LogP contribution in [0.4, 0.5) is 4.79 Å². The monoisotopic (exact) mass is 291 g/mol. The smallest absolute Gasteiger partial charge is 0.315 e. The highest BCUT2D eigenvalue weighted by molar-refractivity contribution is 5.72. The van der Waals surface area contributed by atoms with Crippen molar-refractivity contribution in [2.45, 2.75) is 45.3 Å². The molecule has 0 aromatic carbocycles. The second-order valence-electron chi connectivity index (χ2n) is 5.82. The maximum atomic E-state index is 11.6. The van der Waals surface area contributed by atoms with E-state index in [2.05, 4.69) is 11.9 Å².